The summed E-state index contributed by atoms with van der Waals surface area (Å²) >= 11 is 0. The molecule has 0 aliphatic carbocycles. The van der Waals surface area contributed by atoms with E-state index in [0.717, 1.165) is 12.3 Å². The first-order valence-electron chi connectivity index (χ1n) is 5.02. The summed E-state index contributed by atoms with van der Waals surface area (Å²) in [5.74, 6) is 0.950. The Bertz CT molecular complexity index is 383. The van der Waals surface area contributed by atoms with Gasteiger partial charge in [-0.2, -0.15) is 0 Å². The van der Waals surface area contributed by atoms with Gasteiger partial charge in [-0.3, -0.25) is 4.98 Å². The molecule has 0 unspecified atom stereocenters. The van der Waals surface area contributed by atoms with Gasteiger partial charge in [-0.1, -0.05) is 6.07 Å². The molecule has 15 heavy (non-hydrogen) atoms. The molecule has 0 radical (unpaired) electrons. The lowest BCUT2D eigenvalue weighted by Gasteiger charge is -2.12. The molecule has 0 fully saturated rings. The van der Waals surface area contributed by atoms with Gasteiger partial charge >= 0.3 is 0 Å². The Balaban J connectivity index is 1.90. The van der Waals surface area contributed by atoms with Crippen molar-refractivity contribution in [1.82, 2.24) is 10.3 Å². The fourth-order valence-electron chi connectivity index (χ4n) is 1.42. The van der Waals surface area contributed by atoms with E-state index in [1.807, 2.05) is 24.4 Å². The third-order valence-electron chi connectivity index (χ3n) is 2.35. The molecule has 3 nitrogen and oxygen atoms in total. The van der Waals surface area contributed by atoms with Gasteiger partial charge in [-0.25, -0.2) is 0 Å². The number of rotatable bonds is 4. The second-order valence-corrected chi connectivity index (χ2v) is 3.47. The molecule has 0 bridgehead atoms. The van der Waals surface area contributed by atoms with E-state index < -0.39 is 0 Å². The molecule has 0 saturated carbocycles. The summed E-state index contributed by atoms with van der Waals surface area (Å²) < 4.78 is 5.24. The van der Waals surface area contributed by atoms with Crippen molar-refractivity contribution in [1.29, 1.82) is 0 Å². The Morgan fingerprint density at radius 2 is 2.33 bits per heavy atom. The first-order valence-corrected chi connectivity index (χ1v) is 5.02. The Morgan fingerprint density at radius 1 is 1.40 bits per heavy atom. The highest BCUT2D eigenvalue weighted by Crippen LogP contribution is 2.11. The second kappa shape index (κ2) is 4.75. The van der Waals surface area contributed by atoms with Crippen molar-refractivity contribution < 1.29 is 4.42 Å². The van der Waals surface area contributed by atoms with Gasteiger partial charge in [0.1, 0.15) is 5.76 Å². The largest absolute Gasteiger partial charge is 0.468 e. The average molecular weight is 202 g/mol. The van der Waals surface area contributed by atoms with Gasteiger partial charge < -0.3 is 9.73 Å². The number of pyridine rings is 1. The van der Waals surface area contributed by atoms with Crippen LogP contribution in [0.3, 0.4) is 0 Å². The van der Waals surface area contributed by atoms with Gasteiger partial charge in [-0.15, -0.1) is 0 Å². The van der Waals surface area contributed by atoms with Gasteiger partial charge in [-0.05, 0) is 30.7 Å². The monoisotopic (exact) mass is 202 g/mol. The first-order chi connectivity index (χ1) is 7.36. The van der Waals surface area contributed by atoms with E-state index >= 15 is 0 Å². The van der Waals surface area contributed by atoms with Crippen LogP contribution in [0.15, 0.2) is 47.3 Å². The Morgan fingerprint density at radius 3 is 3.00 bits per heavy atom. The van der Waals surface area contributed by atoms with Gasteiger partial charge in [0, 0.05) is 18.4 Å². The lowest BCUT2D eigenvalue weighted by molar-refractivity contribution is 0.460. The van der Waals surface area contributed by atoms with E-state index in [1.165, 1.54) is 5.56 Å². The number of hydrogen-bond donors (Lipinski definition) is 1. The van der Waals surface area contributed by atoms with Crippen molar-refractivity contribution in [3.63, 3.8) is 0 Å². The second-order valence-electron chi connectivity index (χ2n) is 3.47. The van der Waals surface area contributed by atoms with E-state index in [0.29, 0.717) is 0 Å². The number of hydrogen-bond acceptors (Lipinski definition) is 3. The van der Waals surface area contributed by atoms with Gasteiger partial charge in [0.15, 0.2) is 0 Å². The highest BCUT2D eigenvalue weighted by Gasteiger charge is 2.04. The summed E-state index contributed by atoms with van der Waals surface area (Å²) in [7, 11) is 0. The van der Waals surface area contributed by atoms with Crippen molar-refractivity contribution in [3.8, 4) is 0 Å². The lowest BCUT2D eigenvalue weighted by atomic mass is 10.1. The summed E-state index contributed by atoms with van der Waals surface area (Å²) in [6, 6.07) is 8.14. The molecule has 0 aliphatic heterocycles. The van der Waals surface area contributed by atoms with Crippen LogP contribution in [0.2, 0.25) is 0 Å². The van der Waals surface area contributed by atoms with E-state index in [2.05, 4.69) is 23.3 Å². The van der Waals surface area contributed by atoms with Crippen molar-refractivity contribution in [2.24, 2.45) is 0 Å². The maximum Gasteiger partial charge on any atom is 0.117 e. The third kappa shape index (κ3) is 2.67. The zero-order chi connectivity index (χ0) is 10.5. The number of furan rings is 1. The standard InChI is InChI=1S/C12H14N2O/c1-10(11-4-2-6-13-8-11)14-9-12-5-3-7-15-12/h2-8,10,14H,9H2,1H3/t10-/m1/s1. The van der Waals surface area contributed by atoms with Crippen LogP contribution in [0.1, 0.15) is 24.3 Å². The summed E-state index contributed by atoms with van der Waals surface area (Å²) in [6.07, 6.45) is 5.34. The van der Waals surface area contributed by atoms with Gasteiger partial charge in [0.05, 0.1) is 12.8 Å². The molecule has 1 atom stereocenters. The Kier molecular flexibility index (Phi) is 3.15. The molecule has 0 saturated heterocycles. The molecule has 2 aromatic heterocycles. The van der Waals surface area contributed by atoms with Crippen LogP contribution in [0, 0.1) is 0 Å². The number of aromatic nitrogens is 1. The van der Waals surface area contributed by atoms with Crippen LogP contribution < -0.4 is 5.32 Å². The van der Waals surface area contributed by atoms with Crippen LogP contribution in [0.5, 0.6) is 0 Å². The highest BCUT2D eigenvalue weighted by molar-refractivity contribution is 5.13. The fraction of sp³-hybridized carbons (Fsp3) is 0.250. The predicted molar refractivity (Wildman–Crippen MR) is 58.2 cm³/mol. The molecular weight excluding hydrogens is 188 g/mol. The predicted octanol–water partition coefficient (Wildman–Crippen LogP) is 2.53. The first kappa shape index (κ1) is 9.93. The minimum atomic E-state index is 0.281. The highest BCUT2D eigenvalue weighted by atomic mass is 16.3. The van der Waals surface area contributed by atoms with Crippen LogP contribution in [-0.4, -0.2) is 4.98 Å². The van der Waals surface area contributed by atoms with E-state index in [9.17, 15) is 0 Å². The topological polar surface area (TPSA) is 38.1 Å². The van der Waals surface area contributed by atoms with Crippen molar-refractivity contribution in [3.05, 3.63) is 54.2 Å². The molecule has 0 aliphatic rings. The quantitative estimate of drug-likeness (QED) is 0.827. The van der Waals surface area contributed by atoms with Crippen LogP contribution in [0.4, 0.5) is 0 Å². The summed E-state index contributed by atoms with van der Waals surface area (Å²) in [6.45, 7) is 2.85. The molecule has 2 heterocycles. The molecule has 2 aromatic rings. The average Bonchev–Trinajstić information content (AvgIpc) is 2.80. The van der Waals surface area contributed by atoms with Crippen LogP contribution in [0.25, 0.3) is 0 Å². The minimum absolute atomic E-state index is 0.281. The zero-order valence-corrected chi connectivity index (χ0v) is 8.68. The number of nitrogens with zero attached hydrogens (tertiary/aromatic N) is 1. The van der Waals surface area contributed by atoms with Gasteiger partial charge in [0.2, 0.25) is 0 Å². The summed E-state index contributed by atoms with van der Waals surface area (Å²) in [5.41, 5.74) is 1.18. The van der Waals surface area contributed by atoms with Crippen molar-refractivity contribution >= 4 is 0 Å². The summed E-state index contributed by atoms with van der Waals surface area (Å²) in [4.78, 5) is 4.09. The molecule has 0 aromatic carbocycles. The lowest BCUT2D eigenvalue weighted by Crippen LogP contribution is -2.17. The maximum absolute atomic E-state index is 5.24. The maximum atomic E-state index is 5.24. The molecule has 78 valence electrons. The molecular formula is C12H14N2O. The number of nitrogens with one attached hydrogen (secondary N) is 1. The van der Waals surface area contributed by atoms with E-state index in [-0.39, 0.29) is 6.04 Å². The molecule has 2 rings (SSSR count). The molecule has 3 heteroatoms. The van der Waals surface area contributed by atoms with Crippen LogP contribution >= 0.6 is 0 Å². The molecule has 0 spiro atoms. The fourth-order valence-corrected chi connectivity index (χ4v) is 1.42. The SMILES string of the molecule is C[C@@H](NCc1ccco1)c1cccnc1. The Labute approximate surface area is 89.1 Å². The van der Waals surface area contributed by atoms with Crippen molar-refractivity contribution in [2.75, 3.05) is 0 Å². The van der Waals surface area contributed by atoms with Crippen molar-refractivity contribution in [2.45, 2.75) is 19.5 Å². The van der Waals surface area contributed by atoms with Crippen LogP contribution in [-0.2, 0) is 6.54 Å². The zero-order valence-electron chi connectivity index (χ0n) is 8.68. The van der Waals surface area contributed by atoms with E-state index in [4.69, 9.17) is 4.42 Å². The third-order valence-corrected chi connectivity index (χ3v) is 2.35. The Hall–Kier alpha value is -1.61. The minimum Gasteiger partial charge on any atom is -0.468 e. The van der Waals surface area contributed by atoms with E-state index in [1.54, 1.807) is 12.5 Å². The summed E-state index contributed by atoms with van der Waals surface area (Å²) in [5, 5.41) is 3.37. The molecule has 0 amide bonds. The normalized spacial score (nSPS) is 12.6. The van der Waals surface area contributed by atoms with Gasteiger partial charge in [0.25, 0.3) is 0 Å². The molecule has 1 N–H and O–H groups in total. The smallest absolute Gasteiger partial charge is 0.117 e.